The lowest BCUT2D eigenvalue weighted by atomic mass is 9.90. The van der Waals surface area contributed by atoms with Crippen LogP contribution in [0.2, 0.25) is 0 Å². The first-order valence-electron chi connectivity index (χ1n) is 4.78. The Bertz CT molecular complexity index is 357. The van der Waals surface area contributed by atoms with E-state index in [4.69, 9.17) is 5.73 Å². The molecule has 0 aliphatic heterocycles. The molecular weight excluding hydrogens is 222 g/mol. The van der Waals surface area contributed by atoms with E-state index in [2.05, 4.69) is 0 Å². The van der Waals surface area contributed by atoms with Gasteiger partial charge in [0.05, 0.1) is 6.42 Å². The smallest absolute Gasteiger partial charge is 0.325 e. The molecular formula is C11H13F4N. The third kappa shape index (κ3) is 4.61. The number of halogens is 4. The number of rotatable bonds is 3. The molecule has 0 spiro atoms. The molecule has 1 atom stereocenters. The van der Waals surface area contributed by atoms with Crippen molar-refractivity contribution in [3.63, 3.8) is 0 Å². The molecule has 1 rings (SSSR count). The molecule has 0 aromatic heterocycles. The predicted octanol–water partition coefficient (Wildman–Crippen LogP) is 3.04. The standard InChI is InChI=1S/C11H13F4N/c1-10(16,7-11(13,14)15)6-8-3-2-4-9(12)5-8/h2-5H,6-7,16H2,1H3/t10-/m1/s1. The number of hydrogen-bond donors (Lipinski definition) is 1. The van der Waals surface area contributed by atoms with E-state index in [9.17, 15) is 17.6 Å². The molecule has 0 aliphatic carbocycles. The van der Waals surface area contributed by atoms with E-state index >= 15 is 0 Å². The zero-order chi connectivity index (χ0) is 12.4. The van der Waals surface area contributed by atoms with E-state index in [-0.39, 0.29) is 6.42 Å². The summed E-state index contributed by atoms with van der Waals surface area (Å²) in [6.45, 7) is 1.31. The number of hydrogen-bond acceptors (Lipinski definition) is 1. The van der Waals surface area contributed by atoms with Gasteiger partial charge in [-0.15, -0.1) is 0 Å². The maximum Gasteiger partial charge on any atom is 0.390 e. The van der Waals surface area contributed by atoms with Crippen molar-refractivity contribution >= 4 is 0 Å². The van der Waals surface area contributed by atoms with Crippen LogP contribution in [0.5, 0.6) is 0 Å². The van der Waals surface area contributed by atoms with Crippen molar-refractivity contribution < 1.29 is 17.6 Å². The van der Waals surface area contributed by atoms with Crippen LogP contribution >= 0.6 is 0 Å². The van der Waals surface area contributed by atoms with Crippen molar-refractivity contribution in [2.45, 2.75) is 31.5 Å². The van der Waals surface area contributed by atoms with Crippen LogP contribution in [0.15, 0.2) is 24.3 Å². The summed E-state index contributed by atoms with van der Waals surface area (Å²) in [5.74, 6) is -0.472. The van der Waals surface area contributed by atoms with Gasteiger partial charge in [-0.1, -0.05) is 12.1 Å². The first kappa shape index (κ1) is 13.0. The Hall–Kier alpha value is -1.10. The van der Waals surface area contributed by atoms with Crippen LogP contribution in [-0.4, -0.2) is 11.7 Å². The normalized spacial score (nSPS) is 15.9. The van der Waals surface area contributed by atoms with Gasteiger partial charge in [0.25, 0.3) is 0 Å². The molecule has 2 N–H and O–H groups in total. The molecule has 1 aromatic carbocycles. The highest BCUT2D eigenvalue weighted by molar-refractivity contribution is 5.18. The third-order valence-electron chi connectivity index (χ3n) is 2.10. The Balaban J connectivity index is 2.72. The number of benzene rings is 1. The van der Waals surface area contributed by atoms with Crippen LogP contribution in [0.25, 0.3) is 0 Å². The number of nitrogens with two attached hydrogens (primary N) is 1. The monoisotopic (exact) mass is 235 g/mol. The summed E-state index contributed by atoms with van der Waals surface area (Å²) < 4.78 is 49.4. The van der Waals surface area contributed by atoms with E-state index in [1.165, 1.54) is 25.1 Å². The van der Waals surface area contributed by atoms with E-state index in [0.717, 1.165) is 0 Å². The maximum absolute atomic E-state index is 12.8. The van der Waals surface area contributed by atoms with E-state index < -0.39 is 24.0 Å². The van der Waals surface area contributed by atoms with Crippen molar-refractivity contribution in [3.8, 4) is 0 Å². The van der Waals surface area contributed by atoms with Gasteiger partial charge in [0.15, 0.2) is 0 Å². The molecule has 0 radical (unpaired) electrons. The molecule has 0 unspecified atom stereocenters. The SMILES string of the molecule is C[C@@](N)(Cc1cccc(F)c1)CC(F)(F)F. The molecule has 0 saturated heterocycles. The van der Waals surface area contributed by atoms with Gasteiger partial charge in [-0.25, -0.2) is 4.39 Å². The van der Waals surface area contributed by atoms with Crippen molar-refractivity contribution in [1.29, 1.82) is 0 Å². The Morgan fingerprint density at radius 3 is 2.38 bits per heavy atom. The summed E-state index contributed by atoms with van der Waals surface area (Å²) in [6, 6.07) is 5.45. The van der Waals surface area contributed by atoms with Crippen molar-refractivity contribution in [2.24, 2.45) is 5.73 Å². The van der Waals surface area contributed by atoms with Crippen molar-refractivity contribution in [2.75, 3.05) is 0 Å². The minimum absolute atomic E-state index is 0.00965. The van der Waals surface area contributed by atoms with E-state index in [0.29, 0.717) is 5.56 Å². The Labute approximate surface area is 91.3 Å². The Morgan fingerprint density at radius 1 is 1.25 bits per heavy atom. The highest BCUT2D eigenvalue weighted by Crippen LogP contribution is 2.28. The van der Waals surface area contributed by atoms with Gasteiger partial charge in [-0.3, -0.25) is 0 Å². The lowest BCUT2D eigenvalue weighted by Gasteiger charge is -2.25. The third-order valence-corrected chi connectivity index (χ3v) is 2.10. The highest BCUT2D eigenvalue weighted by atomic mass is 19.4. The van der Waals surface area contributed by atoms with Gasteiger partial charge in [-0.2, -0.15) is 13.2 Å². The summed E-state index contributed by atoms with van der Waals surface area (Å²) in [7, 11) is 0. The molecule has 0 fully saturated rings. The molecule has 0 saturated carbocycles. The molecule has 5 heteroatoms. The molecule has 0 aliphatic rings. The van der Waals surface area contributed by atoms with Gasteiger partial charge in [-0.05, 0) is 31.0 Å². The first-order chi connectivity index (χ1) is 7.18. The van der Waals surface area contributed by atoms with Crippen LogP contribution in [0.1, 0.15) is 18.9 Å². The van der Waals surface area contributed by atoms with Crippen LogP contribution in [-0.2, 0) is 6.42 Å². The molecule has 16 heavy (non-hydrogen) atoms. The minimum Gasteiger partial charge on any atom is -0.325 e. The van der Waals surface area contributed by atoms with Gasteiger partial charge >= 0.3 is 6.18 Å². The summed E-state index contributed by atoms with van der Waals surface area (Å²) in [5, 5.41) is 0. The molecule has 90 valence electrons. The zero-order valence-corrected chi connectivity index (χ0v) is 8.81. The molecule has 0 bridgehead atoms. The average Bonchev–Trinajstić information content (AvgIpc) is 1.96. The summed E-state index contributed by atoms with van der Waals surface area (Å²) in [4.78, 5) is 0. The van der Waals surface area contributed by atoms with E-state index in [1.54, 1.807) is 6.07 Å². The van der Waals surface area contributed by atoms with Gasteiger partial charge < -0.3 is 5.73 Å². The van der Waals surface area contributed by atoms with Gasteiger partial charge in [0.1, 0.15) is 5.82 Å². The van der Waals surface area contributed by atoms with Crippen LogP contribution in [0, 0.1) is 5.82 Å². The first-order valence-corrected chi connectivity index (χ1v) is 4.78. The molecule has 0 amide bonds. The van der Waals surface area contributed by atoms with Gasteiger partial charge in [0, 0.05) is 5.54 Å². The largest absolute Gasteiger partial charge is 0.390 e. The second-order valence-corrected chi connectivity index (χ2v) is 4.25. The maximum atomic E-state index is 12.8. The fourth-order valence-corrected chi connectivity index (χ4v) is 1.63. The average molecular weight is 235 g/mol. The fourth-order valence-electron chi connectivity index (χ4n) is 1.63. The van der Waals surface area contributed by atoms with Crippen molar-refractivity contribution in [3.05, 3.63) is 35.6 Å². The summed E-state index contributed by atoms with van der Waals surface area (Å²) in [5.41, 5.74) is 4.60. The summed E-state index contributed by atoms with van der Waals surface area (Å²) >= 11 is 0. The van der Waals surface area contributed by atoms with Crippen LogP contribution in [0.4, 0.5) is 17.6 Å². The predicted molar refractivity (Wildman–Crippen MR) is 53.4 cm³/mol. The second kappa shape index (κ2) is 4.41. The lowest BCUT2D eigenvalue weighted by Crippen LogP contribution is -2.42. The van der Waals surface area contributed by atoms with Gasteiger partial charge in [0.2, 0.25) is 0 Å². The zero-order valence-electron chi connectivity index (χ0n) is 8.81. The minimum atomic E-state index is -4.31. The Morgan fingerprint density at radius 2 is 1.88 bits per heavy atom. The fraction of sp³-hybridized carbons (Fsp3) is 0.455. The summed E-state index contributed by atoms with van der Waals surface area (Å²) in [6.07, 6.45) is -5.41. The number of alkyl halides is 3. The highest BCUT2D eigenvalue weighted by Gasteiger charge is 2.36. The van der Waals surface area contributed by atoms with E-state index in [1.807, 2.05) is 0 Å². The Kier molecular flexibility index (Phi) is 3.57. The lowest BCUT2D eigenvalue weighted by molar-refractivity contribution is -0.145. The molecule has 1 aromatic rings. The second-order valence-electron chi connectivity index (χ2n) is 4.25. The molecule has 1 nitrogen and oxygen atoms in total. The topological polar surface area (TPSA) is 26.0 Å². The molecule has 0 heterocycles. The van der Waals surface area contributed by atoms with Crippen molar-refractivity contribution in [1.82, 2.24) is 0 Å². The van der Waals surface area contributed by atoms with Crippen LogP contribution < -0.4 is 5.73 Å². The quantitative estimate of drug-likeness (QED) is 0.800. The van der Waals surface area contributed by atoms with Crippen LogP contribution in [0.3, 0.4) is 0 Å².